The predicted octanol–water partition coefficient (Wildman–Crippen LogP) is 3.72. The van der Waals surface area contributed by atoms with Gasteiger partial charge in [-0.15, -0.1) is 0 Å². The highest BCUT2D eigenvalue weighted by molar-refractivity contribution is 5.97. The van der Waals surface area contributed by atoms with E-state index in [9.17, 15) is 9.59 Å². The Morgan fingerprint density at radius 2 is 1.70 bits per heavy atom. The maximum atomic E-state index is 13.2. The van der Waals surface area contributed by atoms with Crippen molar-refractivity contribution in [1.82, 2.24) is 20.2 Å². The SMILES string of the molecule is CC(C)[C@@H](NC(=O)c1ccccc1)C(=O)N1CCC(c2nc3ccccc3[nH]2)CC1. The fraction of sp³-hybridized carbons (Fsp3) is 0.375. The van der Waals surface area contributed by atoms with Crippen LogP contribution in [0.2, 0.25) is 0 Å². The van der Waals surface area contributed by atoms with E-state index < -0.39 is 6.04 Å². The van der Waals surface area contributed by atoms with Crippen molar-refractivity contribution >= 4 is 22.8 Å². The zero-order valence-electron chi connectivity index (χ0n) is 17.5. The molecule has 2 aromatic carbocycles. The number of para-hydroxylation sites is 2. The summed E-state index contributed by atoms with van der Waals surface area (Å²) in [5.74, 6) is 1.12. The average Bonchev–Trinajstić information content (AvgIpc) is 3.21. The molecule has 1 atom stereocenters. The van der Waals surface area contributed by atoms with Crippen LogP contribution in [0.1, 0.15) is 48.8 Å². The molecule has 6 nitrogen and oxygen atoms in total. The number of imidazole rings is 1. The molecule has 1 fully saturated rings. The molecule has 3 aromatic rings. The molecule has 2 amide bonds. The van der Waals surface area contributed by atoms with Gasteiger partial charge in [0, 0.05) is 24.6 Å². The Morgan fingerprint density at radius 3 is 2.37 bits per heavy atom. The predicted molar refractivity (Wildman–Crippen MR) is 117 cm³/mol. The summed E-state index contributed by atoms with van der Waals surface area (Å²) in [4.78, 5) is 35.8. The lowest BCUT2D eigenvalue weighted by Gasteiger charge is -2.35. The summed E-state index contributed by atoms with van der Waals surface area (Å²) in [7, 11) is 0. The first-order valence-electron chi connectivity index (χ1n) is 10.6. The number of carbonyl (C=O) groups excluding carboxylic acids is 2. The minimum atomic E-state index is -0.527. The van der Waals surface area contributed by atoms with Crippen molar-refractivity contribution in [2.75, 3.05) is 13.1 Å². The quantitative estimate of drug-likeness (QED) is 0.680. The Balaban J connectivity index is 1.39. The van der Waals surface area contributed by atoms with Crippen LogP contribution in [0.3, 0.4) is 0 Å². The molecule has 1 aliphatic rings. The minimum Gasteiger partial charge on any atom is -0.342 e. The van der Waals surface area contributed by atoms with E-state index in [1.807, 2.05) is 61.2 Å². The van der Waals surface area contributed by atoms with Gasteiger partial charge >= 0.3 is 0 Å². The number of hydrogen-bond acceptors (Lipinski definition) is 3. The molecule has 30 heavy (non-hydrogen) atoms. The van der Waals surface area contributed by atoms with Gasteiger partial charge in [-0.2, -0.15) is 0 Å². The van der Waals surface area contributed by atoms with Crippen molar-refractivity contribution in [1.29, 1.82) is 0 Å². The molecule has 156 valence electrons. The zero-order valence-corrected chi connectivity index (χ0v) is 17.5. The smallest absolute Gasteiger partial charge is 0.251 e. The molecule has 0 spiro atoms. The summed E-state index contributed by atoms with van der Waals surface area (Å²) in [5.41, 5.74) is 2.60. The molecular weight excluding hydrogens is 376 g/mol. The minimum absolute atomic E-state index is 0.00247. The number of hydrogen-bond donors (Lipinski definition) is 2. The van der Waals surface area contributed by atoms with Crippen LogP contribution in [-0.2, 0) is 4.79 Å². The molecule has 0 unspecified atom stereocenters. The van der Waals surface area contributed by atoms with Gasteiger partial charge < -0.3 is 15.2 Å². The Kier molecular flexibility index (Phi) is 5.84. The van der Waals surface area contributed by atoms with Crippen LogP contribution < -0.4 is 5.32 Å². The molecule has 0 aliphatic carbocycles. The topological polar surface area (TPSA) is 78.1 Å². The highest BCUT2D eigenvalue weighted by Crippen LogP contribution is 2.28. The number of rotatable bonds is 5. The summed E-state index contributed by atoms with van der Waals surface area (Å²) in [5, 5.41) is 2.94. The van der Waals surface area contributed by atoms with Crippen molar-refractivity contribution in [3.8, 4) is 0 Å². The molecular formula is C24H28N4O2. The maximum Gasteiger partial charge on any atom is 0.251 e. The van der Waals surface area contributed by atoms with E-state index in [0.29, 0.717) is 24.6 Å². The molecule has 1 saturated heterocycles. The number of benzene rings is 2. The Hall–Kier alpha value is -3.15. The molecule has 0 bridgehead atoms. The number of piperidine rings is 1. The number of aromatic amines is 1. The van der Waals surface area contributed by atoms with E-state index in [4.69, 9.17) is 4.98 Å². The number of carbonyl (C=O) groups is 2. The van der Waals surface area contributed by atoms with Crippen LogP contribution >= 0.6 is 0 Å². The van der Waals surface area contributed by atoms with E-state index in [1.165, 1.54) is 0 Å². The van der Waals surface area contributed by atoms with Gasteiger partial charge in [-0.25, -0.2) is 4.98 Å². The number of amides is 2. The molecule has 1 aliphatic heterocycles. The molecule has 2 N–H and O–H groups in total. The van der Waals surface area contributed by atoms with Crippen LogP contribution in [0.25, 0.3) is 11.0 Å². The van der Waals surface area contributed by atoms with E-state index in [2.05, 4.69) is 10.3 Å². The van der Waals surface area contributed by atoms with Crippen LogP contribution in [0.5, 0.6) is 0 Å². The first-order valence-corrected chi connectivity index (χ1v) is 10.6. The molecule has 2 heterocycles. The second kappa shape index (κ2) is 8.69. The number of likely N-dealkylation sites (tertiary alicyclic amines) is 1. The van der Waals surface area contributed by atoms with Crippen molar-refractivity contribution < 1.29 is 9.59 Å². The largest absolute Gasteiger partial charge is 0.342 e. The van der Waals surface area contributed by atoms with Crippen molar-refractivity contribution in [3.63, 3.8) is 0 Å². The Bertz CT molecular complexity index is 987. The zero-order chi connectivity index (χ0) is 21.1. The third-order valence-corrected chi connectivity index (χ3v) is 5.86. The van der Waals surface area contributed by atoms with E-state index >= 15 is 0 Å². The third-order valence-electron chi connectivity index (χ3n) is 5.86. The van der Waals surface area contributed by atoms with E-state index in [0.717, 1.165) is 29.7 Å². The first kappa shape index (κ1) is 20.1. The van der Waals surface area contributed by atoms with E-state index in [-0.39, 0.29) is 17.7 Å². The monoisotopic (exact) mass is 404 g/mol. The maximum absolute atomic E-state index is 13.2. The summed E-state index contributed by atoms with van der Waals surface area (Å²) >= 11 is 0. The summed E-state index contributed by atoms with van der Waals surface area (Å²) in [6, 6.07) is 16.5. The van der Waals surface area contributed by atoms with Crippen molar-refractivity contribution in [2.45, 2.75) is 38.6 Å². The van der Waals surface area contributed by atoms with Crippen LogP contribution in [0, 0.1) is 5.92 Å². The van der Waals surface area contributed by atoms with Gasteiger partial charge in [-0.1, -0.05) is 44.2 Å². The lowest BCUT2D eigenvalue weighted by molar-refractivity contribution is -0.135. The Morgan fingerprint density at radius 1 is 1.03 bits per heavy atom. The summed E-state index contributed by atoms with van der Waals surface area (Å²) in [6.07, 6.45) is 1.73. The summed E-state index contributed by atoms with van der Waals surface area (Å²) in [6.45, 7) is 5.28. The second-order valence-corrected chi connectivity index (χ2v) is 8.30. The van der Waals surface area contributed by atoms with Gasteiger partial charge in [0.15, 0.2) is 0 Å². The van der Waals surface area contributed by atoms with Gasteiger partial charge in [0.2, 0.25) is 5.91 Å². The molecule has 4 rings (SSSR count). The second-order valence-electron chi connectivity index (χ2n) is 8.30. The van der Waals surface area contributed by atoms with Gasteiger partial charge in [0.1, 0.15) is 11.9 Å². The van der Waals surface area contributed by atoms with Crippen LogP contribution in [-0.4, -0.2) is 45.8 Å². The normalized spacial score (nSPS) is 16.0. The number of nitrogens with zero attached hydrogens (tertiary/aromatic N) is 2. The number of fused-ring (bicyclic) bond motifs is 1. The third kappa shape index (κ3) is 4.22. The van der Waals surface area contributed by atoms with E-state index in [1.54, 1.807) is 12.1 Å². The molecule has 0 saturated carbocycles. The lowest BCUT2D eigenvalue weighted by atomic mass is 9.94. The molecule has 1 aromatic heterocycles. The fourth-order valence-electron chi connectivity index (χ4n) is 4.06. The number of nitrogens with one attached hydrogen (secondary N) is 2. The standard InChI is InChI=1S/C24H28N4O2/c1-16(2)21(27-23(29)18-8-4-3-5-9-18)24(30)28-14-12-17(13-15-28)22-25-19-10-6-7-11-20(19)26-22/h3-11,16-17,21H,12-15H2,1-2H3,(H,25,26)(H,27,29)/t21-/m1/s1. The van der Waals surface area contributed by atoms with Gasteiger partial charge in [0.05, 0.1) is 11.0 Å². The highest BCUT2D eigenvalue weighted by Gasteiger charge is 2.32. The molecule has 6 heteroatoms. The van der Waals surface area contributed by atoms with Crippen LogP contribution in [0.4, 0.5) is 0 Å². The average molecular weight is 405 g/mol. The summed E-state index contributed by atoms with van der Waals surface area (Å²) < 4.78 is 0. The van der Waals surface area contributed by atoms with Crippen molar-refractivity contribution in [3.05, 3.63) is 66.0 Å². The Labute approximate surface area is 176 Å². The first-order chi connectivity index (χ1) is 14.5. The highest BCUT2D eigenvalue weighted by atomic mass is 16.2. The van der Waals surface area contributed by atoms with Gasteiger partial charge in [-0.3, -0.25) is 9.59 Å². The lowest BCUT2D eigenvalue weighted by Crippen LogP contribution is -2.52. The van der Waals surface area contributed by atoms with Crippen LogP contribution in [0.15, 0.2) is 54.6 Å². The molecule has 0 radical (unpaired) electrons. The fourth-order valence-corrected chi connectivity index (χ4v) is 4.06. The van der Waals surface area contributed by atoms with Crippen molar-refractivity contribution in [2.24, 2.45) is 5.92 Å². The number of H-pyrrole nitrogens is 1. The number of aromatic nitrogens is 2. The van der Waals surface area contributed by atoms with Gasteiger partial charge in [0.25, 0.3) is 5.91 Å². The van der Waals surface area contributed by atoms with Gasteiger partial charge in [-0.05, 0) is 43.0 Å².